The number of unbranched alkanes of at least 4 members (excludes halogenated alkanes) is 1. The second kappa shape index (κ2) is 11.7. The van der Waals surface area contributed by atoms with Crippen LogP contribution in [0.5, 0.6) is 5.75 Å². The summed E-state index contributed by atoms with van der Waals surface area (Å²) in [5.41, 5.74) is 2.13. The van der Waals surface area contributed by atoms with Gasteiger partial charge in [0, 0.05) is 10.9 Å². The van der Waals surface area contributed by atoms with Crippen LogP contribution in [0.25, 0.3) is 6.08 Å². The summed E-state index contributed by atoms with van der Waals surface area (Å²) in [5, 5.41) is 20.9. The van der Waals surface area contributed by atoms with Gasteiger partial charge in [-0.3, -0.25) is 0 Å². The van der Waals surface area contributed by atoms with Crippen molar-refractivity contribution >= 4 is 20.6 Å². The van der Waals surface area contributed by atoms with Crippen molar-refractivity contribution in [3.05, 3.63) is 29.3 Å². The third-order valence-electron chi connectivity index (χ3n) is 4.73. The van der Waals surface area contributed by atoms with E-state index in [1.807, 2.05) is 26.0 Å². The molecule has 0 radical (unpaired) electrons. The van der Waals surface area contributed by atoms with Crippen LogP contribution in [0.1, 0.15) is 76.8 Å². The molecule has 1 fully saturated rings. The fraction of sp³-hybridized carbons (Fsp3) is 0.619. The van der Waals surface area contributed by atoms with Crippen LogP contribution in [0.4, 0.5) is 0 Å². The van der Waals surface area contributed by atoms with Gasteiger partial charge in [0.2, 0.25) is 0 Å². The molecule has 1 aliphatic rings. The zero-order valence-corrected chi connectivity index (χ0v) is 16.7. The van der Waals surface area contributed by atoms with E-state index < -0.39 is 0 Å². The van der Waals surface area contributed by atoms with Crippen LogP contribution in [0.2, 0.25) is 0 Å². The fourth-order valence-corrected chi connectivity index (χ4v) is 3.60. The molecule has 3 heteroatoms. The first-order valence-electron chi connectivity index (χ1n) is 9.56. The molecule has 1 atom stereocenters. The van der Waals surface area contributed by atoms with E-state index in [4.69, 9.17) is 0 Å². The van der Waals surface area contributed by atoms with Crippen molar-refractivity contribution in [3.63, 3.8) is 0 Å². The van der Waals surface area contributed by atoms with Crippen LogP contribution in [-0.4, -0.2) is 16.3 Å². The molecule has 1 unspecified atom stereocenters. The molecular formula is C21H35O2P. The van der Waals surface area contributed by atoms with E-state index in [0.717, 1.165) is 68.2 Å². The maximum Gasteiger partial charge on any atom is 0.130 e. The number of phenolic OH excluding ortho intramolecular Hbond substituents is 1. The molecule has 24 heavy (non-hydrogen) atoms. The van der Waals surface area contributed by atoms with Crippen molar-refractivity contribution in [2.45, 2.75) is 78.2 Å². The van der Waals surface area contributed by atoms with E-state index in [-0.39, 0.29) is 6.10 Å². The number of hydrogen-bond acceptors (Lipinski definition) is 2. The largest absolute Gasteiger partial charge is 0.507 e. The molecule has 1 aromatic carbocycles. The Morgan fingerprint density at radius 1 is 1.17 bits per heavy atom. The molecule has 1 aromatic rings. The molecule has 2 N–H and O–H groups in total. The monoisotopic (exact) mass is 350 g/mol. The summed E-state index contributed by atoms with van der Waals surface area (Å²) >= 11 is 0. The number of phenols is 1. The summed E-state index contributed by atoms with van der Waals surface area (Å²) in [7, 11) is 2.70. The smallest absolute Gasteiger partial charge is 0.130 e. The molecule has 0 bridgehead atoms. The lowest BCUT2D eigenvalue weighted by Gasteiger charge is -2.25. The third kappa shape index (κ3) is 6.57. The number of rotatable bonds is 6. The molecule has 0 heterocycles. The summed E-state index contributed by atoms with van der Waals surface area (Å²) in [6.07, 6.45) is 12.5. The Bertz CT molecular complexity index is 503. The Morgan fingerprint density at radius 3 is 2.46 bits per heavy atom. The highest BCUT2D eigenvalue weighted by atomic mass is 31.0. The van der Waals surface area contributed by atoms with Crippen LogP contribution in [0.3, 0.4) is 0 Å². The van der Waals surface area contributed by atoms with Crippen LogP contribution < -0.4 is 5.30 Å². The number of aliphatic hydroxyl groups is 1. The predicted octanol–water partition coefficient (Wildman–Crippen LogP) is 5.22. The fourth-order valence-electron chi connectivity index (χ4n) is 3.19. The second-order valence-corrected chi connectivity index (χ2v) is 7.06. The normalized spacial score (nSPS) is 20.7. The minimum atomic E-state index is -0.0771. The molecule has 0 spiro atoms. The first-order valence-corrected chi connectivity index (χ1v) is 10.1. The van der Waals surface area contributed by atoms with Crippen LogP contribution in [0.15, 0.2) is 18.2 Å². The Morgan fingerprint density at radius 2 is 1.83 bits per heavy atom. The van der Waals surface area contributed by atoms with Crippen molar-refractivity contribution < 1.29 is 10.2 Å². The summed E-state index contributed by atoms with van der Waals surface area (Å²) < 4.78 is 0. The van der Waals surface area contributed by atoms with Crippen LogP contribution >= 0.6 is 9.24 Å². The van der Waals surface area contributed by atoms with Gasteiger partial charge in [-0.25, -0.2) is 0 Å². The summed E-state index contributed by atoms with van der Waals surface area (Å²) in [5.74, 6) is 1.12. The molecule has 2 rings (SSSR count). The van der Waals surface area contributed by atoms with E-state index in [1.165, 1.54) is 5.56 Å². The maximum absolute atomic E-state index is 10.3. The standard InChI is InChI=1S/C19H29O2P.C2H6/c1-2-3-4-5-15-10-11-16(19(22)18(15)21)9-6-14-7-12-17(20)13-8-14;1-2/h4-5,10-11,14,17,20-21H,2-3,6-9,12-13,22H2,1H3;1-2H3/b5-4+;. The molecule has 0 aromatic heterocycles. The molecule has 0 saturated heterocycles. The van der Waals surface area contributed by atoms with Crippen molar-refractivity contribution in [3.8, 4) is 5.75 Å². The Labute approximate surface area is 150 Å². The van der Waals surface area contributed by atoms with Gasteiger partial charge in [-0.2, -0.15) is 0 Å². The summed E-state index contributed by atoms with van der Waals surface area (Å²) in [6, 6.07) is 4.17. The second-order valence-electron chi connectivity index (χ2n) is 6.48. The summed E-state index contributed by atoms with van der Waals surface area (Å²) in [6.45, 7) is 6.15. The van der Waals surface area contributed by atoms with Crippen molar-refractivity contribution in [1.29, 1.82) is 0 Å². The Kier molecular flexibility index (Phi) is 10.3. The minimum Gasteiger partial charge on any atom is -0.507 e. The van der Waals surface area contributed by atoms with Gasteiger partial charge < -0.3 is 10.2 Å². The molecule has 136 valence electrons. The number of benzene rings is 1. The lowest BCUT2D eigenvalue weighted by molar-refractivity contribution is 0.106. The molecule has 0 amide bonds. The van der Waals surface area contributed by atoms with Gasteiger partial charge in [-0.05, 0) is 56.4 Å². The van der Waals surface area contributed by atoms with E-state index in [2.05, 4.69) is 28.3 Å². The highest BCUT2D eigenvalue weighted by Gasteiger charge is 2.19. The zero-order valence-electron chi connectivity index (χ0n) is 15.6. The van der Waals surface area contributed by atoms with Gasteiger partial charge >= 0.3 is 0 Å². The summed E-state index contributed by atoms with van der Waals surface area (Å²) in [4.78, 5) is 0. The lowest BCUT2D eigenvalue weighted by atomic mass is 9.84. The third-order valence-corrected chi connectivity index (χ3v) is 5.37. The van der Waals surface area contributed by atoms with Crippen LogP contribution in [0, 0.1) is 5.92 Å². The lowest BCUT2D eigenvalue weighted by Crippen LogP contribution is -2.19. The van der Waals surface area contributed by atoms with Gasteiger partial charge in [0.15, 0.2) is 0 Å². The molecule has 2 nitrogen and oxygen atoms in total. The van der Waals surface area contributed by atoms with Crippen molar-refractivity contribution in [2.24, 2.45) is 5.92 Å². The number of hydrogen-bond donors (Lipinski definition) is 2. The highest BCUT2D eigenvalue weighted by Crippen LogP contribution is 2.29. The Hall–Kier alpha value is -0.850. The van der Waals surface area contributed by atoms with Crippen molar-refractivity contribution in [1.82, 2.24) is 0 Å². The highest BCUT2D eigenvalue weighted by molar-refractivity contribution is 7.28. The quantitative estimate of drug-likeness (QED) is 0.691. The number of aryl methyl sites for hydroxylation is 1. The van der Waals surface area contributed by atoms with Gasteiger partial charge in [0.25, 0.3) is 0 Å². The van der Waals surface area contributed by atoms with Crippen LogP contribution in [-0.2, 0) is 6.42 Å². The molecule has 1 saturated carbocycles. The zero-order chi connectivity index (χ0) is 17.9. The minimum absolute atomic E-state index is 0.0771. The van der Waals surface area contributed by atoms with E-state index >= 15 is 0 Å². The number of aromatic hydroxyl groups is 1. The molecule has 1 aliphatic carbocycles. The number of aliphatic hydroxyl groups excluding tert-OH is 1. The van der Waals surface area contributed by atoms with E-state index in [9.17, 15) is 10.2 Å². The number of allylic oxidation sites excluding steroid dienone is 1. The van der Waals surface area contributed by atoms with E-state index in [0.29, 0.717) is 5.75 Å². The van der Waals surface area contributed by atoms with Gasteiger partial charge in [0.1, 0.15) is 5.75 Å². The van der Waals surface area contributed by atoms with Gasteiger partial charge in [-0.1, -0.05) is 51.5 Å². The van der Waals surface area contributed by atoms with E-state index in [1.54, 1.807) is 0 Å². The molecule has 0 aliphatic heterocycles. The Balaban J connectivity index is 0.00000139. The topological polar surface area (TPSA) is 40.5 Å². The SMILES string of the molecule is CC.CCC/C=C/c1ccc(CCC2CCC(O)CC2)c(P)c1O. The van der Waals surface area contributed by atoms with Gasteiger partial charge in [0.05, 0.1) is 6.10 Å². The maximum atomic E-state index is 10.3. The first kappa shape index (κ1) is 21.2. The predicted molar refractivity (Wildman–Crippen MR) is 109 cm³/mol. The van der Waals surface area contributed by atoms with Gasteiger partial charge in [-0.15, -0.1) is 9.24 Å². The molecular weight excluding hydrogens is 315 g/mol. The first-order chi connectivity index (χ1) is 11.6. The average Bonchev–Trinajstić information content (AvgIpc) is 2.61. The van der Waals surface area contributed by atoms with Crippen molar-refractivity contribution in [2.75, 3.05) is 0 Å². The average molecular weight is 350 g/mol.